The molecule has 0 amide bonds. The Morgan fingerprint density at radius 1 is 0.842 bits per heavy atom. The van der Waals surface area contributed by atoms with Crippen molar-refractivity contribution in [2.75, 3.05) is 6.61 Å². The van der Waals surface area contributed by atoms with Gasteiger partial charge in [0.15, 0.2) is 0 Å². The molecule has 0 aromatic heterocycles. The van der Waals surface area contributed by atoms with Crippen LogP contribution in [0.2, 0.25) is 0 Å². The first-order valence-corrected chi connectivity index (χ1v) is 15.5. The summed E-state index contributed by atoms with van der Waals surface area (Å²) in [4.78, 5) is 24.0. The van der Waals surface area contributed by atoms with E-state index in [-0.39, 0.29) is 39.7 Å². The van der Waals surface area contributed by atoms with E-state index < -0.39 is 0 Å². The van der Waals surface area contributed by atoms with Gasteiger partial charge in [0.1, 0.15) is 12.7 Å². The summed E-state index contributed by atoms with van der Waals surface area (Å²) in [5.74, 6) is 1.16. The largest absolute Gasteiger partial charge is 0.465 e. The second-order valence-corrected chi connectivity index (χ2v) is 16.3. The van der Waals surface area contributed by atoms with Crippen molar-refractivity contribution < 1.29 is 19.1 Å². The number of esters is 2. The second-order valence-electron chi connectivity index (χ2n) is 16.3. The van der Waals surface area contributed by atoms with Crippen molar-refractivity contribution in [2.24, 2.45) is 50.2 Å². The molecule has 3 unspecified atom stereocenters. The first-order chi connectivity index (χ1) is 17.5. The lowest BCUT2D eigenvalue weighted by Gasteiger charge is -2.71. The minimum atomic E-state index is -0.366. The molecule has 0 aromatic carbocycles. The maximum absolute atomic E-state index is 12.1. The van der Waals surface area contributed by atoms with Gasteiger partial charge in [-0.05, 0) is 109 Å². The Hall–Kier alpha value is -1.32. The average Bonchev–Trinajstić information content (AvgIpc) is 2.81. The van der Waals surface area contributed by atoms with E-state index in [4.69, 9.17) is 9.47 Å². The van der Waals surface area contributed by atoms with Gasteiger partial charge < -0.3 is 9.47 Å². The van der Waals surface area contributed by atoms with Gasteiger partial charge in [-0.15, -0.1) is 0 Å². The molecule has 4 nitrogen and oxygen atoms in total. The molecule has 0 spiro atoms. The van der Waals surface area contributed by atoms with Crippen LogP contribution in [-0.4, -0.2) is 24.6 Å². The molecule has 38 heavy (non-hydrogen) atoms. The summed E-state index contributed by atoms with van der Waals surface area (Å²) < 4.78 is 11.7. The molecule has 5 rings (SSSR count). The smallest absolute Gasteiger partial charge is 0.302 e. The lowest BCUT2D eigenvalue weighted by Crippen LogP contribution is -2.65. The fraction of sp³-hybridized carbons (Fsp3) is 0.882. The molecule has 4 saturated carbocycles. The van der Waals surface area contributed by atoms with Crippen LogP contribution in [-0.2, 0) is 19.1 Å². The number of allylic oxidation sites excluding steroid dienone is 2. The lowest BCUT2D eigenvalue weighted by atomic mass is 9.33. The van der Waals surface area contributed by atoms with E-state index in [1.807, 2.05) is 0 Å². The Kier molecular flexibility index (Phi) is 6.56. The molecule has 0 N–H and O–H groups in total. The van der Waals surface area contributed by atoms with Gasteiger partial charge in [-0.3, -0.25) is 9.59 Å². The zero-order chi connectivity index (χ0) is 27.9. The summed E-state index contributed by atoms with van der Waals surface area (Å²) in [7, 11) is 0. The summed E-state index contributed by atoms with van der Waals surface area (Å²) in [6.07, 6.45) is 14.6. The molecule has 0 radical (unpaired) electrons. The zero-order valence-corrected chi connectivity index (χ0v) is 25.8. The van der Waals surface area contributed by atoms with Gasteiger partial charge in [-0.1, -0.05) is 60.1 Å². The van der Waals surface area contributed by atoms with Crippen LogP contribution in [0.3, 0.4) is 0 Å². The van der Waals surface area contributed by atoms with Gasteiger partial charge in [0.25, 0.3) is 0 Å². The van der Waals surface area contributed by atoms with E-state index in [9.17, 15) is 9.59 Å². The first-order valence-electron chi connectivity index (χ1n) is 15.5. The highest BCUT2D eigenvalue weighted by atomic mass is 16.6. The van der Waals surface area contributed by atoms with E-state index in [1.54, 1.807) is 5.57 Å². The summed E-state index contributed by atoms with van der Waals surface area (Å²) >= 11 is 0. The molecule has 0 aromatic rings. The fourth-order valence-corrected chi connectivity index (χ4v) is 11.2. The highest BCUT2D eigenvalue weighted by Crippen LogP contribution is 2.75. The monoisotopic (exact) mass is 526 g/mol. The van der Waals surface area contributed by atoms with Crippen LogP contribution in [0.15, 0.2) is 11.6 Å². The third kappa shape index (κ3) is 3.96. The topological polar surface area (TPSA) is 52.6 Å². The normalized spacial score (nSPS) is 49.3. The molecular weight excluding hydrogens is 472 g/mol. The van der Waals surface area contributed by atoms with Crippen molar-refractivity contribution in [3.63, 3.8) is 0 Å². The van der Waals surface area contributed by atoms with Crippen LogP contribution >= 0.6 is 0 Å². The van der Waals surface area contributed by atoms with Gasteiger partial charge in [0, 0.05) is 19.3 Å². The quantitative estimate of drug-likeness (QED) is 0.274. The van der Waals surface area contributed by atoms with E-state index in [1.165, 1.54) is 52.4 Å². The zero-order valence-electron chi connectivity index (χ0n) is 25.8. The Labute approximate surface area is 232 Å². The maximum Gasteiger partial charge on any atom is 0.302 e. The molecule has 0 bridgehead atoms. The fourth-order valence-electron chi connectivity index (χ4n) is 11.2. The van der Waals surface area contributed by atoms with Gasteiger partial charge in [0.05, 0.1) is 0 Å². The minimum Gasteiger partial charge on any atom is -0.465 e. The average molecular weight is 527 g/mol. The second kappa shape index (κ2) is 8.84. The van der Waals surface area contributed by atoms with Crippen LogP contribution in [0.4, 0.5) is 0 Å². The molecular formula is C34H54O4. The highest BCUT2D eigenvalue weighted by Gasteiger charge is 2.69. The molecule has 214 valence electrons. The summed E-state index contributed by atoms with van der Waals surface area (Å²) in [6.45, 7) is 21.0. The SMILES string of the molecule is CC(=O)OCC1(C)C(OC(C)=O)CC[C@@]2(C)C1CC[C@]1(C)[C@@H]2CC=C2[C@H]3CC(C)(C)CC[C@]3(C)CC[C@]21C. The van der Waals surface area contributed by atoms with E-state index in [0.29, 0.717) is 35.2 Å². The van der Waals surface area contributed by atoms with Crippen molar-refractivity contribution in [3.05, 3.63) is 11.6 Å². The molecule has 5 aliphatic rings. The number of carbonyl (C=O) groups excluding carboxylic acids is 2. The molecule has 4 heteroatoms. The number of hydrogen-bond donors (Lipinski definition) is 0. The van der Waals surface area contributed by atoms with Crippen molar-refractivity contribution in [1.82, 2.24) is 0 Å². The summed E-state index contributed by atoms with van der Waals surface area (Å²) in [5.41, 5.74) is 2.93. The molecule has 9 atom stereocenters. The van der Waals surface area contributed by atoms with Gasteiger partial charge in [-0.25, -0.2) is 0 Å². The van der Waals surface area contributed by atoms with Crippen molar-refractivity contribution >= 4 is 11.9 Å². The van der Waals surface area contributed by atoms with E-state index >= 15 is 0 Å². The summed E-state index contributed by atoms with van der Waals surface area (Å²) in [6, 6.07) is 0. The third-order valence-electron chi connectivity index (χ3n) is 13.7. The lowest BCUT2D eigenvalue weighted by molar-refractivity contribution is -0.225. The van der Waals surface area contributed by atoms with Crippen molar-refractivity contribution in [2.45, 2.75) is 133 Å². The van der Waals surface area contributed by atoms with Gasteiger partial charge in [0.2, 0.25) is 0 Å². The number of fused-ring (bicyclic) bond motifs is 7. The van der Waals surface area contributed by atoms with Crippen molar-refractivity contribution in [1.29, 1.82) is 0 Å². The van der Waals surface area contributed by atoms with Crippen LogP contribution in [0.1, 0.15) is 127 Å². The van der Waals surface area contributed by atoms with Crippen LogP contribution < -0.4 is 0 Å². The Morgan fingerprint density at radius 2 is 1.53 bits per heavy atom. The Morgan fingerprint density at radius 3 is 2.18 bits per heavy atom. The first kappa shape index (κ1) is 28.2. The number of rotatable bonds is 3. The molecule has 0 aliphatic heterocycles. The predicted octanol–water partition coefficient (Wildman–Crippen LogP) is 8.28. The maximum atomic E-state index is 12.1. The van der Waals surface area contributed by atoms with Crippen molar-refractivity contribution in [3.8, 4) is 0 Å². The number of carbonyl (C=O) groups is 2. The molecule has 4 fully saturated rings. The number of hydrogen-bond acceptors (Lipinski definition) is 4. The van der Waals surface area contributed by atoms with E-state index in [0.717, 1.165) is 25.7 Å². The molecule has 0 heterocycles. The van der Waals surface area contributed by atoms with Crippen LogP contribution in [0.5, 0.6) is 0 Å². The highest BCUT2D eigenvalue weighted by molar-refractivity contribution is 5.66. The van der Waals surface area contributed by atoms with Gasteiger partial charge >= 0.3 is 11.9 Å². The third-order valence-corrected chi connectivity index (χ3v) is 13.7. The van der Waals surface area contributed by atoms with Crippen LogP contribution in [0.25, 0.3) is 0 Å². The standard InChI is InChI=1S/C34H54O4/c1-22(35)37-21-32(7)26-12-15-34(9)27(31(26,6)14-13-28(32)38-23(2)36)11-10-24-25-20-29(3,4)16-17-30(25,5)18-19-33(24,34)8/h10,25-28H,11-21H2,1-9H3/t25-,26?,27-,28?,30-,31+,32?,33-,34-/m1/s1. The minimum absolute atomic E-state index is 0.121. The number of ether oxygens (including phenoxy) is 2. The molecule has 0 saturated heterocycles. The summed E-state index contributed by atoms with van der Waals surface area (Å²) in [5, 5.41) is 0. The van der Waals surface area contributed by atoms with Crippen LogP contribution in [0, 0.1) is 50.2 Å². The van der Waals surface area contributed by atoms with Gasteiger partial charge in [-0.2, -0.15) is 0 Å². The predicted molar refractivity (Wildman–Crippen MR) is 151 cm³/mol. The van der Waals surface area contributed by atoms with E-state index in [2.05, 4.69) is 54.5 Å². The Bertz CT molecular complexity index is 1030. The Balaban J connectivity index is 1.53. The molecule has 5 aliphatic carbocycles.